The maximum absolute atomic E-state index is 5.98. The number of nitrogens with zero attached hydrogens (tertiary/aromatic N) is 4. The fourth-order valence-electron chi connectivity index (χ4n) is 13.7. The first-order valence-corrected chi connectivity index (χ1v) is 34.8. The summed E-state index contributed by atoms with van der Waals surface area (Å²) in [7, 11) is 0. The lowest BCUT2D eigenvalue weighted by Crippen LogP contribution is -2.61. The van der Waals surface area contributed by atoms with Gasteiger partial charge in [-0.1, -0.05) is 275 Å². The van der Waals surface area contributed by atoms with Crippen LogP contribution in [0, 0.1) is 0 Å². The highest BCUT2D eigenvalue weighted by Gasteiger charge is 2.45. The summed E-state index contributed by atoms with van der Waals surface area (Å²) in [6.07, 6.45) is 0. The van der Waals surface area contributed by atoms with E-state index in [1.807, 2.05) is 0 Å². The van der Waals surface area contributed by atoms with E-state index >= 15 is 0 Å². The Kier molecular flexibility index (Phi) is 16.3. The largest absolute Gasteiger partial charge is 0.311 e. The van der Waals surface area contributed by atoms with Gasteiger partial charge in [0, 0.05) is 50.8 Å². The molecule has 1 aromatic heterocycles. The van der Waals surface area contributed by atoms with Crippen LogP contribution in [0.2, 0.25) is 0 Å². The van der Waals surface area contributed by atoms with Crippen LogP contribution in [0.25, 0.3) is 56.2 Å². The molecule has 10 aromatic rings. The predicted octanol–water partition coefficient (Wildman–Crippen LogP) is 23.3. The van der Waals surface area contributed by atoms with Crippen LogP contribution in [0.4, 0.5) is 34.1 Å². The SMILES string of the molecule is CC(C)(C)c1cc(-c2cc(-c3cc(C(C)(C)C)cc(C(C)(C)C)c3)nc(-c3cc4c5c(c3)N(c3cc(C(C)(C)C)cc(C(C)(C)C)c3)c3cc(-c6ccccc6)ccc3B5c3ccc(-c5ccccc5)cc3N4c3cc(C(C)(C)C)cc(C(C)(C)C)c3)n2)cc(C(C)(C)C)c1. The van der Waals surface area contributed by atoms with E-state index in [2.05, 4.69) is 364 Å². The summed E-state index contributed by atoms with van der Waals surface area (Å²) in [5.74, 6) is 0.676. The number of anilines is 6. The van der Waals surface area contributed by atoms with E-state index in [9.17, 15) is 0 Å². The standard InChI is InChI=1S/C90H103BN4/c1-83(2,3)63-39-60(40-64(47-63)84(4,5)6)75-55-76(61-41-65(85(7,8)9)48-66(42-61)86(10,11)12)93-82(92-75)62-45-79-81-80(46-62)95(72-53-69(89(19,20)21)50-70(54-72)90(22,23)24)78-44-59(57-33-29-26-30-34-57)36-38-74(78)91(81)73-37-35-58(56-31-27-25-28-32-56)43-77(73)94(79)71-51-67(87(13,14)15)49-68(52-71)88(16,17)18/h25-55H,1-24H3. The summed E-state index contributed by atoms with van der Waals surface area (Å²) in [4.78, 5) is 17.2. The van der Waals surface area contributed by atoms with Gasteiger partial charge in [-0.25, -0.2) is 9.97 Å². The molecule has 0 fully saturated rings. The van der Waals surface area contributed by atoms with E-state index in [0.717, 1.165) is 62.2 Å². The summed E-state index contributed by atoms with van der Waals surface area (Å²) in [5, 5.41) is 0. The third-order valence-corrected chi connectivity index (χ3v) is 20.0. The van der Waals surface area contributed by atoms with Crippen molar-refractivity contribution in [1.29, 1.82) is 0 Å². The first-order chi connectivity index (χ1) is 44.1. The van der Waals surface area contributed by atoms with Crippen molar-refractivity contribution in [3.63, 3.8) is 0 Å². The molecule has 486 valence electrons. The van der Waals surface area contributed by atoms with Crippen LogP contribution in [-0.4, -0.2) is 16.7 Å². The second-order valence-electron chi connectivity index (χ2n) is 35.9. The molecular weight excluding hydrogens is 1150 g/mol. The number of benzene rings is 9. The fraction of sp³-hybridized carbons (Fsp3) is 0.356. The molecule has 9 aromatic carbocycles. The van der Waals surface area contributed by atoms with Crippen molar-refractivity contribution in [2.45, 2.75) is 209 Å². The number of fused-ring (bicyclic) bond motifs is 4. The van der Waals surface area contributed by atoms with Crippen LogP contribution in [0.3, 0.4) is 0 Å². The highest BCUT2D eigenvalue weighted by atomic mass is 15.2. The molecule has 2 aliphatic heterocycles. The minimum absolute atomic E-state index is 0.121. The van der Waals surface area contributed by atoms with E-state index in [1.54, 1.807) is 0 Å². The van der Waals surface area contributed by atoms with Crippen molar-refractivity contribution in [3.05, 3.63) is 233 Å². The molecular formula is C90H103BN4. The van der Waals surface area contributed by atoms with Gasteiger partial charge in [-0.05, 0) is 205 Å². The van der Waals surface area contributed by atoms with Crippen LogP contribution in [0.5, 0.6) is 0 Å². The molecule has 0 N–H and O–H groups in total. The van der Waals surface area contributed by atoms with Gasteiger partial charge in [0.05, 0.1) is 11.4 Å². The molecule has 2 aliphatic rings. The summed E-state index contributed by atoms with van der Waals surface area (Å²) in [6.45, 7) is 56.1. The summed E-state index contributed by atoms with van der Waals surface area (Å²) in [6, 6.07) is 73.0. The van der Waals surface area contributed by atoms with Gasteiger partial charge in [0.2, 0.25) is 0 Å². The van der Waals surface area contributed by atoms with Gasteiger partial charge in [-0.3, -0.25) is 0 Å². The number of hydrogen-bond donors (Lipinski definition) is 0. The third-order valence-electron chi connectivity index (χ3n) is 20.0. The predicted molar refractivity (Wildman–Crippen MR) is 413 cm³/mol. The van der Waals surface area contributed by atoms with Gasteiger partial charge in [-0.2, -0.15) is 0 Å². The normalized spacial score (nSPS) is 13.8. The average molecular weight is 1250 g/mol. The maximum atomic E-state index is 5.98. The third kappa shape index (κ3) is 13.2. The Hall–Kier alpha value is -8.28. The Morgan fingerprint density at radius 3 is 0.800 bits per heavy atom. The maximum Gasteiger partial charge on any atom is 0.252 e. The average Bonchev–Trinajstić information content (AvgIpc) is 0.696. The molecule has 0 amide bonds. The molecule has 0 radical (unpaired) electrons. The van der Waals surface area contributed by atoms with E-state index in [1.165, 1.54) is 83.1 Å². The molecule has 4 nitrogen and oxygen atoms in total. The van der Waals surface area contributed by atoms with E-state index < -0.39 is 0 Å². The molecule has 5 heteroatoms. The van der Waals surface area contributed by atoms with E-state index in [0.29, 0.717) is 5.82 Å². The Morgan fingerprint density at radius 2 is 0.516 bits per heavy atom. The minimum Gasteiger partial charge on any atom is -0.311 e. The first-order valence-electron chi connectivity index (χ1n) is 34.8. The molecule has 0 spiro atoms. The minimum atomic E-state index is -0.156. The Balaban J connectivity index is 1.29. The Labute approximate surface area is 571 Å². The van der Waals surface area contributed by atoms with Crippen molar-refractivity contribution < 1.29 is 0 Å². The molecule has 0 saturated heterocycles. The highest BCUT2D eigenvalue weighted by molar-refractivity contribution is 7.00. The lowest BCUT2D eigenvalue weighted by Gasteiger charge is -2.45. The molecule has 0 unspecified atom stereocenters. The number of aromatic nitrogens is 2. The molecule has 3 heterocycles. The van der Waals surface area contributed by atoms with E-state index in [4.69, 9.17) is 9.97 Å². The van der Waals surface area contributed by atoms with Crippen molar-refractivity contribution in [2.75, 3.05) is 9.80 Å². The molecule has 0 saturated carbocycles. The second-order valence-corrected chi connectivity index (χ2v) is 35.9. The summed E-state index contributed by atoms with van der Waals surface area (Å²) in [5.41, 5.74) is 29.4. The van der Waals surface area contributed by atoms with Crippen molar-refractivity contribution in [2.24, 2.45) is 0 Å². The van der Waals surface area contributed by atoms with Crippen molar-refractivity contribution >= 4 is 57.2 Å². The van der Waals surface area contributed by atoms with Crippen LogP contribution in [0.15, 0.2) is 188 Å². The van der Waals surface area contributed by atoms with Gasteiger partial charge >= 0.3 is 0 Å². The molecule has 95 heavy (non-hydrogen) atoms. The van der Waals surface area contributed by atoms with Gasteiger partial charge in [-0.15, -0.1) is 0 Å². The molecule has 0 bridgehead atoms. The topological polar surface area (TPSA) is 32.3 Å². The molecule has 0 atom stereocenters. The van der Waals surface area contributed by atoms with Crippen molar-refractivity contribution in [3.8, 4) is 56.2 Å². The summed E-state index contributed by atoms with van der Waals surface area (Å²) < 4.78 is 0. The molecule has 12 rings (SSSR count). The zero-order chi connectivity index (χ0) is 68.7. The number of rotatable bonds is 7. The first kappa shape index (κ1) is 66.7. The lowest BCUT2D eigenvalue weighted by atomic mass is 9.33. The monoisotopic (exact) mass is 1250 g/mol. The Bertz CT molecular complexity index is 4190. The Morgan fingerprint density at radius 1 is 0.242 bits per heavy atom. The molecule has 0 aliphatic carbocycles. The highest BCUT2D eigenvalue weighted by Crippen LogP contribution is 2.50. The van der Waals surface area contributed by atoms with Crippen LogP contribution in [0.1, 0.15) is 211 Å². The zero-order valence-electron chi connectivity index (χ0n) is 61.8. The van der Waals surface area contributed by atoms with Gasteiger partial charge in [0.25, 0.3) is 6.71 Å². The van der Waals surface area contributed by atoms with Crippen LogP contribution < -0.4 is 26.2 Å². The summed E-state index contributed by atoms with van der Waals surface area (Å²) >= 11 is 0. The van der Waals surface area contributed by atoms with Gasteiger partial charge < -0.3 is 9.80 Å². The van der Waals surface area contributed by atoms with E-state index in [-0.39, 0.29) is 50.0 Å². The van der Waals surface area contributed by atoms with Crippen molar-refractivity contribution in [1.82, 2.24) is 9.97 Å². The van der Waals surface area contributed by atoms with Gasteiger partial charge in [0.1, 0.15) is 0 Å². The lowest BCUT2D eigenvalue weighted by molar-refractivity contribution is 0.568. The van der Waals surface area contributed by atoms with Gasteiger partial charge in [0.15, 0.2) is 5.82 Å². The smallest absolute Gasteiger partial charge is 0.252 e. The number of hydrogen-bond acceptors (Lipinski definition) is 4. The second kappa shape index (κ2) is 23.2. The zero-order valence-corrected chi connectivity index (χ0v) is 61.8. The fourth-order valence-corrected chi connectivity index (χ4v) is 13.7. The van der Waals surface area contributed by atoms with Crippen LogP contribution >= 0.6 is 0 Å². The quantitative estimate of drug-likeness (QED) is 0.149. The van der Waals surface area contributed by atoms with Crippen LogP contribution in [-0.2, 0) is 43.3 Å².